The van der Waals surface area contributed by atoms with E-state index in [0.717, 1.165) is 39.6 Å². The second-order valence-corrected chi connectivity index (χ2v) is 8.50. The van der Waals surface area contributed by atoms with Gasteiger partial charge in [0, 0.05) is 31.6 Å². The number of methoxy groups -OCH3 is 2. The number of aryl methyl sites for hydroxylation is 1. The molecule has 2 aromatic carbocycles. The van der Waals surface area contributed by atoms with Crippen LogP contribution in [0, 0.1) is 6.92 Å². The average molecular weight is 438 g/mol. The third-order valence-corrected chi connectivity index (χ3v) is 6.94. The number of fused-ring (bicyclic) bond motifs is 2. The molecule has 31 heavy (non-hydrogen) atoms. The number of thiazole rings is 1. The number of rotatable bonds is 4. The number of anilines is 1. The van der Waals surface area contributed by atoms with Crippen molar-refractivity contribution >= 4 is 43.6 Å². The molecule has 4 aromatic rings. The van der Waals surface area contributed by atoms with Gasteiger partial charge in [-0.15, -0.1) is 0 Å². The highest BCUT2D eigenvalue weighted by molar-refractivity contribution is 7.22. The maximum absolute atomic E-state index is 13.0. The van der Waals surface area contributed by atoms with Crippen molar-refractivity contribution in [2.45, 2.75) is 6.92 Å². The average Bonchev–Trinajstić information content (AvgIpc) is 3.44. The number of furan rings is 1. The molecule has 0 aliphatic carbocycles. The highest BCUT2D eigenvalue weighted by Crippen LogP contribution is 2.36. The van der Waals surface area contributed by atoms with Crippen LogP contribution in [0.5, 0.6) is 11.5 Å². The molecule has 0 spiro atoms. The summed E-state index contributed by atoms with van der Waals surface area (Å²) < 4.78 is 17.8. The molecule has 0 atom stereocenters. The second kappa shape index (κ2) is 7.77. The van der Waals surface area contributed by atoms with E-state index in [-0.39, 0.29) is 5.91 Å². The van der Waals surface area contributed by atoms with Crippen LogP contribution in [0.25, 0.3) is 21.2 Å². The van der Waals surface area contributed by atoms with Crippen LogP contribution in [-0.2, 0) is 0 Å². The molecular weight excluding hydrogens is 414 g/mol. The molecule has 5 rings (SSSR count). The van der Waals surface area contributed by atoms with Gasteiger partial charge in [0.2, 0.25) is 0 Å². The lowest BCUT2D eigenvalue weighted by atomic mass is 10.2. The highest BCUT2D eigenvalue weighted by Gasteiger charge is 2.27. The molecule has 1 aliphatic heterocycles. The summed E-state index contributed by atoms with van der Waals surface area (Å²) in [4.78, 5) is 21.9. The molecule has 1 aliphatic rings. The van der Waals surface area contributed by atoms with E-state index in [4.69, 9.17) is 18.9 Å². The zero-order valence-corrected chi connectivity index (χ0v) is 18.5. The van der Waals surface area contributed by atoms with E-state index in [1.807, 2.05) is 29.2 Å². The zero-order valence-electron chi connectivity index (χ0n) is 17.7. The van der Waals surface area contributed by atoms with E-state index < -0.39 is 0 Å². The molecule has 0 bridgehead atoms. The first-order valence-electron chi connectivity index (χ1n) is 10.1. The van der Waals surface area contributed by atoms with Gasteiger partial charge >= 0.3 is 0 Å². The maximum atomic E-state index is 13.0. The van der Waals surface area contributed by atoms with Gasteiger partial charge in [0.1, 0.15) is 11.3 Å². The number of nitrogens with zero attached hydrogens (tertiary/aromatic N) is 3. The van der Waals surface area contributed by atoms with Gasteiger partial charge in [-0.05, 0) is 30.7 Å². The third kappa shape index (κ3) is 3.37. The zero-order chi connectivity index (χ0) is 21.5. The molecule has 3 heterocycles. The van der Waals surface area contributed by atoms with E-state index in [9.17, 15) is 4.79 Å². The summed E-state index contributed by atoms with van der Waals surface area (Å²) in [7, 11) is 3.26. The van der Waals surface area contributed by atoms with Gasteiger partial charge in [0.05, 0.1) is 18.9 Å². The predicted molar refractivity (Wildman–Crippen MR) is 122 cm³/mol. The summed E-state index contributed by atoms with van der Waals surface area (Å²) >= 11 is 1.67. The summed E-state index contributed by atoms with van der Waals surface area (Å²) in [6, 6.07) is 11.4. The molecule has 1 amide bonds. The Hall–Kier alpha value is -3.26. The summed E-state index contributed by atoms with van der Waals surface area (Å²) in [5.41, 5.74) is 2.69. The van der Waals surface area contributed by atoms with Gasteiger partial charge in [-0.1, -0.05) is 29.5 Å². The molecule has 1 fully saturated rings. The highest BCUT2D eigenvalue weighted by atomic mass is 32.1. The Morgan fingerprint density at radius 1 is 1.06 bits per heavy atom. The monoisotopic (exact) mass is 437 g/mol. The Morgan fingerprint density at radius 2 is 1.84 bits per heavy atom. The molecule has 2 aromatic heterocycles. The molecule has 1 saturated heterocycles. The third-order valence-electron chi connectivity index (χ3n) is 5.69. The second-order valence-electron chi connectivity index (χ2n) is 7.53. The fourth-order valence-corrected chi connectivity index (χ4v) is 5.06. The minimum atomic E-state index is -0.0975. The Bertz CT molecular complexity index is 1270. The number of piperazine rings is 1. The van der Waals surface area contributed by atoms with Crippen LogP contribution in [0.4, 0.5) is 5.13 Å². The summed E-state index contributed by atoms with van der Waals surface area (Å²) in [5, 5.41) is 1.82. The number of carbonyl (C=O) groups is 1. The summed E-state index contributed by atoms with van der Waals surface area (Å²) in [6.45, 7) is 4.74. The van der Waals surface area contributed by atoms with Crippen LogP contribution in [0.2, 0.25) is 0 Å². The Morgan fingerprint density at radius 3 is 2.58 bits per heavy atom. The van der Waals surface area contributed by atoms with Crippen LogP contribution < -0.4 is 14.4 Å². The predicted octanol–water partition coefficient (Wildman–Crippen LogP) is 4.33. The van der Waals surface area contributed by atoms with E-state index in [1.54, 1.807) is 31.6 Å². The molecule has 8 heteroatoms. The van der Waals surface area contributed by atoms with Crippen molar-refractivity contribution in [3.05, 3.63) is 47.7 Å². The van der Waals surface area contributed by atoms with E-state index in [1.165, 1.54) is 5.56 Å². The fourth-order valence-electron chi connectivity index (χ4n) is 3.96. The van der Waals surface area contributed by atoms with Crippen molar-refractivity contribution in [2.24, 2.45) is 0 Å². The standard InChI is InChI=1S/C23H23N3O4S/c1-14-7-8-16(28-2)19-21(14)31-23(24-19)26-11-9-25(10-12-26)22(27)18-13-15-5-4-6-17(29-3)20(15)30-18/h4-8,13H,9-12H2,1-3H3. The van der Waals surface area contributed by atoms with Crippen molar-refractivity contribution in [1.29, 1.82) is 0 Å². The Balaban J connectivity index is 1.33. The normalized spacial score (nSPS) is 14.4. The number of amides is 1. The van der Waals surface area contributed by atoms with E-state index >= 15 is 0 Å². The summed E-state index contributed by atoms with van der Waals surface area (Å²) in [5.74, 6) is 1.66. The van der Waals surface area contributed by atoms with Gasteiger partial charge in [-0.2, -0.15) is 0 Å². The number of para-hydroxylation sites is 1. The van der Waals surface area contributed by atoms with Crippen LogP contribution in [0.15, 0.2) is 40.8 Å². The Kier molecular flexibility index (Phi) is 4.94. The SMILES string of the molecule is COc1ccc(C)c2sc(N3CCN(C(=O)c4cc5cccc(OC)c5o4)CC3)nc12. The van der Waals surface area contributed by atoms with E-state index in [0.29, 0.717) is 30.2 Å². The molecule has 0 unspecified atom stereocenters. The number of hydrogen-bond donors (Lipinski definition) is 0. The number of benzene rings is 2. The first-order chi connectivity index (χ1) is 15.1. The van der Waals surface area contributed by atoms with Crippen molar-refractivity contribution in [2.75, 3.05) is 45.3 Å². The van der Waals surface area contributed by atoms with Gasteiger partial charge < -0.3 is 23.7 Å². The molecular formula is C23H23N3O4S. The molecule has 0 N–H and O–H groups in total. The van der Waals surface area contributed by atoms with E-state index in [2.05, 4.69) is 17.9 Å². The minimum absolute atomic E-state index is 0.0975. The molecule has 0 saturated carbocycles. The van der Waals surface area contributed by atoms with Gasteiger partial charge in [-0.3, -0.25) is 4.79 Å². The maximum Gasteiger partial charge on any atom is 0.289 e. The number of hydrogen-bond acceptors (Lipinski definition) is 7. The van der Waals surface area contributed by atoms with Gasteiger partial charge in [-0.25, -0.2) is 4.98 Å². The number of aromatic nitrogens is 1. The van der Waals surface area contributed by atoms with Crippen LogP contribution in [0.1, 0.15) is 16.1 Å². The van der Waals surface area contributed by atoms with Crippen molar-refractivity contribution in [3.63, 3.8) is 0 Å². The molecule has 0 radical (unpaired) electrons. The topological polar surface area (TPSA) is 68.0 Å². The number of carbonyl (C=O) groups excluding carboxylic acids is 1. The van der Waals surface area contributed by atoms with Crippen LogP contribution in [-0.4, -0.2) is 56.2 Å². The summed E-state index contributed by atoms with van der Waals surface area (Å²) in [6.07, 6.45) is 0. The lowest BCUT2D eigenvalue weighted by Crippen LogP contribution is -2.48. The van der Waals surface area contributed by atoms with Crippen molar-refractivity contribution < 1.29 is 18.7 Å². The van der Waals surface area contributed by atoms with Crippen LogP contribution in [0.3, 0.4) is 0 Å². The fraction of sp³-hybridized carbons (Fsp3) is 0.304. The lowest BCUT2D eigenvalue weighted by Gasteiger charge is -2.34. The van der Waals surface area contributed by atoms with Crippen LogP contribution >= 0.6 is 11.3 Å². The van der Waals surface area contributed by atoms with Gasteiger partial charge in [0.15, 0.2) is 22.2 Å². The van der Waals surface area contributed by atoms with Crippen molar-refractivity contribution in [3.8, 4) is 11.5 Å². The first kappa shape index (κ1) is 19.7. The molecule has 160 valence electrons. The molecule has 7 nitrogen and oxygen atoms in total. The Labute approximate surface area is 183 Å². The van der Waals surface area contributed by atoms with Gasteiger partial charge in [0.25, 0.3) is 5.91 Å². The number of ether oxygens (including phenoxy) is 2. The largest absolute Gasteiger partial charge is 0.494 e. The first-order valence-corrected chi connectivity index (χ1v) is 11.0. The minimum Gasteiger partial charge on any atom is -0.494 e. The smallest absolute Gasteiger partial charge is 0.289 e. The van der Waals surface area contributed by atoms with Crippen molar-refractivity contribution in [1.82, 2.24) is 9.88 Å². The lowest BCUT2D eigenvalue weighted by molar-refractivity contribution is 0.0717. The quantitative estimate of drug-likeness (QED) is 0.473.